The van der Waals surface area contributed by atoms with E-state index >= 15 is 0 Å². The Morgan fingerprint density at radius 1 is 1.25 bits per heavy atom. The number of rotatable bonds is 6. The minimum Gasteiger partial charge on any atom is -0.392 e. The molecule has 2 N–H and O–H groups in total. The number of aliphatic hydroxyl groups is 1. The predicted octanol–water partition coefficient (Wildman–Crippen LogP) is 0.949. The lowest BCUT2D eigenvalue weighted by Gasteiger charge is -2.20. The van der Waals surface area contributed by atoms with E-state index in [-0.39, 0.29) is 5.75 Å². The van der Waals surface area contributed by atoms with Gasteiger partial charge in [0.25, 0.3) is 0 Å². The Morgan fingerprint density at radius 3 is 2.12 bits per heavy atom. The molecular weight excluding hydrogens is 226 g/mol. The standard InChI is InChI=1S/C11H25NO3S/c1-9(2)12-8-10(13)6-7-16(14,15)11(3,4)5/h9-10,12-13H,6-8H2,1-5H3. The predicted molar refractivity (Wildman–Crippen MR) is 67.3 cm³/mol. The number of hydrogen-bond acceptors (Lipinski definition) is 4. The molecule has 98 valence electrons. The Labute approximate surface area is 99.4 Å². The van der Waals surface area contributed by atoms with Crippen LogP contribution < -0.4 is 5.32 Å². The normalized spacial score (nSPS) is 15.4. The van der Waals surface area contributed by atoms with Crippen molar-refractivity contribution in [3.8, 4) is 0 Å². The summed E-state index contributed by atoms with van der Waals surface area (Å²) in [4.78, 5) is 0. The smallest absolute Gasteiger partial charge is 0.155 e. The molecule has 0 aromatic carbocycles. The maximum absolute atomic E-state index is 11.8. The minimum atomic E-state index is -3.12. The average molecular weight is 251 g/mol. The first-order chi connectivity index (χ1) is 7.06. The Hall–Kier alpha value is -0.130. The minimum absolute atomic E-state index is 0.0391. The van der Waals surface area contributed by atoms with Crippen LogP contribution in [-0.4, -0.2) is 42.7 Å². The molecule has 0 saturated heterocycles. The summed E-state index contributed by atoms with van der Waals surface area (Å²) in [6.45, 7) is 9.46. The van der Waals surface area contributed by atoms with Gasteiger partial charge in [-0.05, 0) is 27.2 Å². The first-order valence-electron chi connectivity index (χ1n) is 5.70. The van der Waals surface area contributed by atoms with Gasteiger partial charge in [0.2, 0.25) is 0 Å². The van der Waals surface area contributed by atoms with Crippen LogP contribution in [0.5, 0.6) is 0 Å². The number of hydrogen-bond donors (Lipinski definition) is 2. The first-order valence-corrected chi connectivity index (χ1v) is 7.35. The highest BCUT2D eigenvalue weighted by molar-refractivity contribution is 7.92. The molecule has 0 aromatic heterocycles. The summed E-state index contributed by atoms with van der Waals surface area (Å²) in [5, 5.41) is 12.7. The fourth-order valence-corrected chi connectivity index (χ4v) is 2.27. The quantitative estimate of drug-likeness (QED) is 0.737. The third kappa shape index (κ3) is 5.82. The van der Waals surface area contributed by atoms with E-state index in [0.29, 0.717) is 19.0 Å². The highest BCUT2D eigenvalue weighted by atomic mass is 32.2. The van der Waals surface area contributed by atoms with Gasteiger partial charge in [-0.3, -0.25) is 0 Å². The average Bonchev–Trinajstić information content (AvgIpc) is 2.09. The molecule has 0 aliphatic carbocycles. The number of aliphatic hydroxyl groups excluding tert-OH is 1. The van der Waals surface area contributed by atoms with Crippen LogP contribution in [0.3, 0.4) is 0 Å². The summed E-state index contributed by atoms with van der Waals surface area (Å²) in [6.07, 6.45) is -0.307. The molecule has 0 aromatic rings. The first kappa shape index (κ1) is 15.9. The Balaban J connectivity index is 4.07. The fraction of sp³-hybridized carbons (Fsp3) is 1.00. The molecule has 4 nitrogen and oxygen atoms in total. The summed E-state index contributed by atoms with van der Waals surface area (Å²) in [6, 6.07) is 0.300. The molecule has 0 bridgehead atoms. The molecule has 0 spiro atoms. The van der Waals surface area contributed by atoms with Crippen molar-refractivity contribution in [2.24, 2.45) is 0 Å². The van der Waals surface area contributed by atoms with Gasteiger partial charge in [-0.1, -0.05) is 13.8 Å². The van der Waals surface area contributed by atoms with Gasteiger partial charge < -0.3 is 10.4 Å². The van der Waals surface area contributed by atoms with Crippen LogP contribution in [0.2, 0.25) is 0 Å². The molecule has 1 atom stereocenters. The van der Waals surface area contributed by atoms with Crippen molar-refractivity contribution in [2.75, 3.05) is 12.3 Å². The molecule has 0 aliphatic rings. The van der Waals surface area contributed by atoms with E-state index in [1.54, 1.807) is 20.8 Å². The van der Waals surface area contributed by atoms with Crippen LogP contribution in [0.15, 0.2) is 0 Å². The topological polar surface area (TPSA) is 66.4 Å². The van der Waals surface area contributed by atoms with Gasteiger partial charge in [0.1, 0.15) is 0 Å². The molecule has 0 heterocycles. The summed E-state index contributed by atoms with van der Waals surface area (Å²) >= 11 is 0. The van der Waals surface area contributed by atoms with Crippen LogP contribution in [0, 0.1) is 0 Å². The van der Waals surface area contributed by atoms with Crippen LogP contribution >= 0.6 is 0 Å². The van der Waals surface area contributed by atoms with Crippen molar-refractivity contribution < 1.29 is 13.5 Å². The van der Waals surface area contributed by atoms with Crippen LogP contribution in [0.25, 0.3) is 0 Å². The van der Waals surface area contributed by atoms with Crippen molar-refractivity contribution in [3.63, 3.8) is 0 Å². The lowest BCUT2D eigenvalue weighted by molar-refractivity contribution is 0.165. The largest absolute Gasteiger partial charge is 0.392 e. The molecule has 0 amide bonds. The van der Waals surface area contributed by atoms with Gasteiger partial charge in [-0.15, -0.1) is 0 Å². The second kappa shape index (κ2) is 5.98. The Morgan fingerprint density at radius 2 is 1.75 bits per heavy atom. The second-order valence-corrected chi connectivity index (χ2v) is 8.30. The highest BCUT2D eigenvalue weighted by Crippen LogP contribution is 2.17. The molecule has 0 fully saturated rings. The third-order valence-corrected chi connectivity index (χ3v) is 5.05. The van der Waals surface area contributed by atoms with Gasteiger partial charge in [-0.25, -0.2) is 8.42 Å². The molecule has 16 heavy (non-hydrogen) atoms. The van der Waals surface area contributed by atoms with E-state index in [2.05, 4.69) is 5.32 Å². The maximum atomic E-state index is 11.8. The summed E-state index contributed by atoms with van der Waals surface area (Å²) in [5.41, 5.74) is 0. The fourth-order valence-electron chi connectivity index (χ4n) is 1.07. The van der Waals surface area contributed by atoms with Crippen LogP contribution in [0.4, 0.5) is 0 Å². The summed E-state index contributed by atoms with van der Waals surface area (Å²) in [7, 11) is -3.12. The van der Waals surface area contributed by atoms with Gasteiger partial charge in [-0.2, -0.15) is 0 Å². The van der Waals surface area contributed by atoms with Gasteiger partial charge >= 0.3 is 0 Å². The van der Waals surface area contributed by atoms with Gasteiger partial charge in [0, 0.05) is 12.6 Å². The summed E-state index contributed by atoms with van der Waals surface area (Å²) < 4.78 is 22.8. The van der Waals surface area contributed by atoms with Crippen molar-refractivity contribution in [1.82, 2.24) is 5.32 Å². The number of sulfone groups is 1. The van der Waals surface area contributed by atoms with Gasteiger partial charge in [0.05, 0.1) is 16.6 Å². The Bertz CT molecular complexity index is 291. The van der Waals surface area contributed by atoms with E-state index in [9.17, 15) is 13.5 Å². The zero-order valence-corrected chi connectivity index (χ0v) is 11.8. The zero-order valence-electron chi connectivity index (χ0n) is 10.9. The molecular formula is C11H25NO3S. The molecule has 0 rings (SSSR count). The van der Waals surface area contributed by atoms with E-state index in [1.165, 1.54) is 0 Å². The SMILES string of the molecule is CC(C)NCC(O)CCS(=O)(=O)C(C)(C)C. The monoisotopic (exact) mass is 251 g/mol. The molecule has 0 saturated carbocycles. The van der Waals surface area contributed by atoms with Crippen molar-refractivity contribution in [1.29, 1.82) is 0 Å². The van der Waals surface area contributed by atoms with E-state index in [0.717, 1.165) is 0 Å². The van der Waals surface area contributed by atoms with Crippen LogP contribution in [0.1, 0.15) is 41.0 Å². The second-order valence-electron chi connectivity index (χ2n) is 5.44. The maximum Gasteiger partial charge on any atom is 0.155 e. The summed E-state index contributed by atoms with van der Waals surface area (Å²) in [5.74, 6) is 0.0391. The van der Waals surface area contributed by atoms with E-state index in [4.69, 9.17) is 0 Å². The van der Waals surface area contributed by atoms with E-state index in [1.807, 2.05) is 13.8 Å². The Kier molecular flexibility index (Phi) is 5.93. The lowest BCUT2D eigenvalue weighted by atomic mass is 10.2. The molecule has 0 radical (unpaired) electrons. The van der Waals surface area contributed by atoms with Crippen molar-refractivity contribution in [2.45, 2.75) is 57.9 Å². The van der Waals surface area contributed by atoms with E-state index < -0.39 is 20.7 Å². The molecule has 5 heteroatoms. The van der Waals surface area contributed by atoms with Crippen LogP contribution in [-0.2, 0) is 9.84 Å². The molecule has 1 unspecified atom stereocenters. The molecule has 0 aliphatic heterocycles. The third-order valence-electron chi connectivity index (χ3n) is 2.41. The zero-order chi connectivity index (χ0) is 13.0. The number of nitrogens with one attached hydrogen (secondary N) is 1. The van der Waals surface area contributed by atoms with Crippen molar-refractivity contribution >= 4 is 9.84 Å². The van der Waals surface area contributed by atoms with Gasteiger partial charge in [0.15, 0.2) is 9.84 Å². The lowest BCUT2D eigenvalue weighted by Crippen LogP contribution is -2.35. The van der Waals surface area contributed by atoms with Crippen molar-refractivity contribution in [3.05, 3.63) is 0 Å². The highest BCUT2D eigenvalue weighted by Gasteiger charge is 2.28.